The van der Waals surface area contributed by atoms with Crippen molar-refractivity contribution < 1.29 is 18.1 Å². The predicted octanol–water partition coefficient (Wildman–Crippen LogP) is 2.41. The minimum atomic E-state index is -3.73. The van der Waals surface area contributed by atoms with E-state index in [2.05, 4.69) is 0 Å². The number of carbonyl (C=O) groups is 1. The van der Waals surface area contributed by atoms with Gasteiger partial charge in [0, 0.05) is 32.4 Å². The lowest BCUT2D eigenvalue weighted by Gasteiger charge is -2.23. The summed E-state index contributed by atoms with van der Waals surface area (Å²) >= 11 is 1.38. The van der Waals surface area contributed by atoms with Crippen LogP contribution in [0.25, 0.3) is 0 Å². The Morgan fingerprint density at radius 1 is 1.15 bits per heavy atom. The Morgan fingerprint density at radius 2 is 1.93 bits per heavy atom. The largest absolute Gasteiger partial charge is 0.364 e. The van der Waals surface area contributed by atoms with Crippen molar-refractivity contribution in [1.29, 1.82) is 0 Å². The standard InChI is InChI=1S/C17H19N3O5S2/c1-27(24,25)15-7-2-5-13(16(15)20(22)23)18-8-4-9-19(11-10-18)17(21)14-6-3-12-26-14/h2-3,5-7,12H,4,8-11H2,1H3. The molecular weight excluding hydrogens is 390 g/mol. The van der Waals surface area contributed by atoms with Crippen molar-refractivity contribution in [3.8, 4) is 0 Å². The highest BCUT2D eigenvalue weighted by atomic mass is 32.2. The molecule has 3 rings (SSSR count). The molecule has 8 nitrogen and oxygen atoms in total. The van der Waals surface area contributed by atoms with Gasteiger partial charge >= 0.3 is 5.69 Å². The van der Waals surface area contributed by atoms with Gasteiger partial charge in [-0.05, 0) is 30.0 Å². The van der Waals surface area contributed by atoms with E-state index >= 15 is 0 Å². The van der Waals surface area contributed by atoms with Gasteiger partial charge in [-0.2, -0.15) is 0 Å². The van der Waals surface area contributed by atoms with E-state index in [4.69, 9.17) is 0 Å². The van der Waals surface area contributed by atoms with E-state index in [1.807, 2.05) is 11.4 Å². The van der Waals surface area contributed by atoms with Crippen molar-refractivity contribution >= 4 is 38.5 Å². The van der Waals surface area contributed by atoms with Gasteiger partial charge in [0.25, 0.3) is 5.91 Å². The summed E-state index contributed by atoms with van der Waals surface area (Å²) in [4.78, 5) is 27.4. The number of rotatable bonds is 4. The monoisotopic (exact) mass is 409 g/mol. The van der Waals surface area contributed by atoms with Gasteiger partial charge in [-0.15, -0.1) is 11.3 Å². The molecule has 10 heteroatoms. The molecule has 0 spiro atoms. The van der Waals surface area contributed by atoms with Crippen LogP contribution in [0.4, 0.5) is 11.4 Å². The minimum Gasteiger partial charge on any atom is -0.364 e. The molecule has 1 aromatic heterocycles. The third-order valence-electron chi connectivity index (χ3n) is 4.42. The molecule has 0 bridgehead atoms. The summed E-state index contributed by atoms with van der Waals surface area (Å²) in [5.74, 6) is -0.0498. The number of thiophene rings is 1. The van der Waals surface area contributed by atoms with Crippen LogP contribution in [0.1, 0.15) is 16.1 Å². The number of nitrogens with zero attached hydrogens (tertiary/aromatic N) is 3. The molecule has 27 heavy (non-hydrogen) atoms. The predicted molar refractivity (Wildman–Crippen MR) is 103 cm³/mol. The summed E-state index contributed by atoms with van der Waals surface area (Å²) in [6.45, 7) is 1.86. The molecule has 1 aliphatic heterocycles. The highest BCUT2D eigenvalue weighted by Crippen LogP contribution is 2.35. The number of hydrogen-bond donors (Lipinski definition) is 0. The van der Waals surface area contributed by atoms with Gasteiger partial charge in [-0.25, -0.2) is 8.42 Å². The summed E-state index contributed by atoms with van der Waals surface area (Å²) in [6, 6.07) is 7.92. The quantitative estimate of drug-likeness (QED) is 0.568. The zero-order chi connectivity index (χ0) is 19.6. The number of nitro benzene ring substituents is 1. The van der Waals surface area contributed by atoms with Gasteiger partial charge < -0.3 is 9.80 Å². The Bertz CT molecular complexity index is 957. The molecule has 2 heterocycles. The van der Waals surface area contributed by atoms with Crippen LogP contribution in [0.3, 0.4) is 0 Å². The summed E-state index contributed by atoms with van der Waals surface area (Å²) in [7, 11) is -3.73. The molecule has 0 radical (unpaired) electrons. The first-order valence-corrected chi connectivity index (χ1v) is 11.1. The first-order valence-electron chi connectivity index (χ1n) is 8.34. The van der Waals surface area contributed by atoms with E-state index in [0.29, 0.717) is 37.5 Å². The minimum absolute atomic E-state index is 0.0498. The van der Waals surface area contributed by atoms with Crippen molar-refractivity contribution in [2.75, 3.05) is 37.3 Å². The second-order valence-electron chi connectivity index (χ2n) is 6.26. The third kappa shape index (κ3) is 4.11. The van der Waals surface area contributed by atoms with E-state index in [0.717, 1.165) is 6.26 Å². The van der Waals surface area contributed by atoms with Gasteiger partial charge in [0.1, 0.15) is 10.6 Å². The fourth-order valence-corrected chi connectivity index (χ4v) is 4.71. The maximum absolute atomic E-state index is 12.5. The highest BCUT2D eigenvalue weighted by Gasteiger charge is 2.30. The second-order valence-corrected chi connectivity index (χ2v) is 9.20. The molecule has 1 amide bonds. The lowest BCUT2D eigenvalue weighted by Crippen LogP contribution is -2.35. The number of para-hydroxylation sites is 1. The topological polar surface area (TPSA) is 101 Å². The summed E-state index contributed by atoms with van der Waals surface area (Å²) < 4.78 is 23.9. The van der Waals surface area contributed by atoms with Gasteiger partial charge in [0.15, 0.2) is 9.84 Å². The molecule has 0 saturated carbocycles. The van der Waals surface area contributed by atoms with Crippen LogP contribution in [0.15, 0.2) is 40.6 Å². The average molecular weight is 409 g/mol. The molecule has 0 aliphatic carbocycles. The van der Waals surface area contributed by atoms with E-state index in [1.54, 1.807) is 21.9 Å². The molecule has 1 saturated heterocycles. The number of carbonyl (C=O) groups excluding carboxylic acids is 1. The SMILES string of the molecule is CS(=O)(=O)c1cccc(N2CCCN(C(=O)c3cccs3)CC2)c1[N+](=O)[O-]. The number of nitro groups is 1. The normalized spacial score (nSPS) is 15.4. The highest BCUT2D eigenvalue weighted by molar-refractivity contribution is 7.90. The molecular formula is C17H19N3O5S2. The molecule has 0 N–H and O–H groups in total. The first-order chi connectivity index (χ1) is 12.8. The van der Waals surface area contributed by atoms with E-state index in [-0.39, 0.29) is 16.5 Å². The third-order valence-corrected chi connectivity index (χ3v) is 6.40. The maximum Gasteiger partial charge on any atom is 0.311 e. The molecule has 1 fully saturated rings. The number of anilines is 1. The van der Waals surface area contributed by atoms with Crippen LogP contribution in [0.2, 0.25) is 0 Å². The summed E-state index contributed by atoms with van der Waals surface area (Å²) in [6.07, 6.45) is 1.60. The van der Waals surface area contributed by atoms with Crippen LogP contribution in [0, 0.1) is 10.1 Å². The molecule has 2 aromatic rings. The summed E-state index contributed by atoms with van der Waals surface area (Å²) in [5, 5.41) is 13.4. The number of benzene rings is 1. The number of hydrogen-bond acceptors (Lipinski definition) is 7. The molecule has 1 aromatic carbocycles. The zero-order valence-electron chi connectivity index (χ0n) is 14.7. The van der Waals surface area contributed by atoms with Crippen LogP contribution < -0.4 is 4.90 Å². The average Bonchev–Trinajstić information content (AvgIpc) is 3.04. The van der Waals surface area contributed by atoms with E-state index in [9.17, 15) is 23.3 Å². The molecule has 144 valence electrons. The van der Waals surface area contributed by atoms with Gasteiger partial charge in [-0.3, -0.25) is 14.9 Å². The Hall–Kier alpha value is -2.46. The maximum atomic E-state index is 12.5. The van der Waals surface area contributed by atoms with Crippen LogP contribution in [0.5, 0.6) is 0 Å². The Morgan fingerprint density at radius 3 is 2.56 bits per heavy atom. The zero-order valence-corrected chi connectivity index (χ0v) is 16.3. The fraction of sp³-hybridized carbons (Fsp3) is 0.353. The van der Waals surface area contributed by atoms with Gasteiger partial charge in [-0.1, -0.05) is 12.1 Å². The lowest BCUT2D eigenvalue weighted by molar-refractivity contribution is -0.387. The van der Waals surface area contributed by atoms with Crippen molar-refractivity contribution in [2.45, 2.75) is 11.3 Å². The Labute approximate surface area is 161 Å². The lowest BCUT2D eigenvalue weighted by atomic mass is 10.2. The van der Waals surface area contributed by atoms with Crippen LogP contribution in [-0.2, 0) is 9.84 Å². The second kappa shape index (κ2) is 7.65. The Balaban J connectivity index is 1.88. The van der Waals surface area contributed by atoms with Crippen molar-refractivity contribution in [3.63, 3.8) is 0 Å². The van der Waals surface area contributed by atoms with Crippen molar-refractivity contribution in [3.05, 3.63) is 50.7 Å². The Kier molecular flexibility index (Phi) is 5.47. The van der Waals surface area contributed by atoms with Crippen LogP contribution in [-0.4, -0.2) is 56.6 Å². The molecule has 0 atom stereocenters. The van der Waals surface area contributed by atoms with Crippen LogP contribution >= 0.6 is 11.3 Å². The number of amides is 1. The smallest absolute Gasteiger partial charge is 0.311 e. The van der Waals surface area contributed by atoms with Gasteiger partial charge in [0.2, 0.25) is 0 Å². The van der Waals surface area contributed by atoms with Crippen molar-refractivity contribution in [1.82, 2.24) is 4.90 Å². The fourth-order valence-electron chi connectivity index (χ4n) is 3.17. The molecule has 1 aliphatic rings. The molecule has 0 unspecified atom stereocenters. The van der Waals surface area contributed by atoms with Crippen molar-refractivity contribution in [2.24, 2.45) is 0 Å². The first kappa shape index (κ1) is 19.3. The van der Waals surface area contributed by atoms with Gasteiger partial charge in [0.05, 0.1) is 9.80 Å². The summed E-state index contributed by atoms with van der Waals surface area (Å²) in [5.41, 5.74) is -0.133. The van der Waals surface area contributed by atoms with E-state index < -0.39 is 20.4 Å². The van der Waals surface area contributed by atoms with E-state index in [1.165, 1.54) is 23.5 Å². The number of sulfone groups is 1.